The number of hydrogen-bond acceptors (Lipinski definition) is 6. The molecule has 4 aromatic rings. The molecule has 1 aliphatic heterocycles. The van der Waals surface area contributed by atoms with E-state index in [0.717, 1.165) is 41.2 Å². The van der Waals surface area contributed by atoms with Crippen molar-refractivity contribution in [1.82, 2.24) is 29.0 Å². The fraction of sp³-hybridized carbons (Fsp3) is 0.462. The third-order valence-electron chi connectivity index (χ3n) is 7.36. The molecule has 2 N–H and O–H groups in total. The molecule has 0 spiro atoms. The van der Waals surface area contributed by atoms with Gasteiger partial charge in [0.15, 0.2) is 11.5 Å². The highest BCUT2D eigenvalue weighted by molar-refractivity contribution is 5.97. The van der Waals surface area contributed by atoms with Gasteiger partial charge in [-0.2, -0.15) is 0 Å². The average Bonchev–Trinajstić information content (AvgIpc) is 3.52. The molecule has 0 unspecified atom stereocenters. The molecule has 3 atom stereocenters. The summed E-state index contributed by atoms with van der Waals surface area (Å²) in [5, 5.41) is 1.06. The van der Waals surface area contributed by atoms with Gasteiger partial charge in [0.2, 0.25) is 0 Å². The van der Waals surface area contributed by atoms with E-state index in [1.165, 1.54) is 0 Å². The highest BCUT2D eigenvalue weighted by Crippen LogP contribution is 2.31. The molecule has 4 aromatic heterocycles. The third-order valence-corrected chi connectivity index (χ3v) is 7.36. The number of aromatic nitrogens is 5. The lowest BCUT2D eigenvalue weighted by Crippen LogP contribution is -2.41. The van der Waals surface area contributed by atoms with E-state index in [2.05, 4.69) is 40.1 Å². The summed E-state index contributed by atoms with van der Waals surface area (Å²) >= 11 is 0. The lowest BCUT2D eigenvalue weighted by molar-refractivity contribution is 0.0739. The number of fused-ring (bicyclic) bond motifs is 2. The van der Waals surface area contributed by atoms with E-state index in [1.807, 2.05) is 24.0 Å². The van der Waals surface area contributed by atoms with Crippen LogP contribution in [0.5, 0.6) is 0 Å². The predicted octanol–water partition coefficient (Wildman–Crippen LogP) is 3.31. The monoisotopic (exact) mass is 475 g/mol. The van der Waals surface area contributed by atoms with Crippen molar-refractivity contribution < 1.29 is 9.53 Å². The van der Waals surface area contributed by atoms with Crippen molar-refractivity contribution in [2.24, 2.45) is 11.7 Å². The van der Waals surface area contributed by atoms with Gasteiger partial charge in [-0.05, 0) is 44.0 Å². The highest BCUT2D eigenvalue weighted by Gasteiger charge is 2.38. The third kappa shape index (κ3) is 3.88. The van der Waals surface area contributed by atoms with Gasteiger partial charge in [-0.25, -0.2) is 15.0 Å². The number of carbonyl (C=O) groups excluding carboxylic acids is 1. The lowest BCUT2D eigenvalue weighted by atomic mass is 9.98. The van der Waals surface area contributed by atoms with Crippen molar-refractivity contribution >= 4 is 28.1 Å². The number of carbonyl (C=O) groups is 1. The molecule has 0 aliphatic carbocycles. The van der Waals surface area contributed by atoms with Crippen molar-refractivity contribution in [2.75, 3.05) is 20.3 Å². The van der Waals surface area contributed by atoms with Gasteiger partial charge in [0.05, 0.1) is 17.9 Å². The minimum absolute atomic E-state index is 0.00858. The zero-order valence-electron chi connectivity index (χ0n) is 20.8. The summed E-state index contributed by atoms with van der Waals surface area (Å²) in [6, 6.07) is 7.94. The Bertz CT molecular complexity index is 1380. The van der Waals surface area contributed by atoms with Crippen molar-refractivity contribution in [2.45, 2.75) is 52.4 Å². The summed E-state index contributed by atoms with van der Waals surface area (Å²) in [4.78, 5) is 29.6. The molecule has 1 fully saturated rings. The summed E-state index contributed by atoms with van der Waals surface area (Å²) in [5.41, 5.74) is 10.2. The second-order valence-corrected chi connectivity index (χ2v) is 9.28. The standard InChI is InChI=1S/C26H33N7O2/c1-5-17-15-33(16(3)22(17)27)26(34)19-12-20-24(29-14-19)32(10-11-35-4)25(30-20)21-13-18-8-7-9-28-23(18)31(21)6-2/h7-9,12-14,16-17,22H,5-6,10-11,15,27H2,1-4H3/t16-,17-,22+/m1/s1. The molecule has 5 heterocycles. The summed E-state index contributed by atoms with van der Waals surface area (Å²) in [6.07, 6.45) is 4.42. The Balaban J connectivity index is 1.60. The first-order valence-electron chi connectivity index (χ1n) is 12.3. The molecular formula is C26H33N7O2. The van der Waals surface area contributed by atoms with E-state index in [9.17, 15) is 4.79 Å². The van der Waals surface area contributed by atoms with E-state index < -0.39 is 0 Å². The van der Waals surface area contributed by atoms with Crippen LogP contribution in [0.15, 0.2) is 36.7 Å². The van der Waals surface area contributed by atoms with Crippen molar-refractivity contribution in [3.05, 3.63) is 42.2 Å². The number of imidazole rings is 1. The maximum Gasteiger partial charge on any atom is 0.255 e. The number of nitrogens with two attached hydrogens (primary N) is 1. The average molecular weight is 476 g/mol. The molecule has 1 amide bonds. The number of ether oxygens (including phenoxy) is 1. The molecule has 0 aromatic carbocycles. The van der Waals surface area contributed by atoms with Crippen LogP contribution >= 0.6 is 0 Å². The van der Waals surface area contributed by atoms with E-state index in [-0.39, 0.29) is 18.0 Å². The number of aryl methyl sites for hydroxylation is 1. The molecule has 35 heavy (non-hydrogen) atoms. The number of likely N-dealkylation sites (tertiary alicyclic amines) is 1. The molecule has 1 saturated heterocycles. The van der Waals surface area contributed by atoms with Crippen LogP contribution in [0.4, 0.5) is 0 Å². The smallest absolute Gasteiger partial charge is 0.255 e. The molecule has 5 rings (SSSR count). The molecule has 0 radical (unpaired) electrons. The fourth-order valence-corrected chi connectivity index (χ4v) is 5.29. The van der Waals surface area contributed by atoms with E-state index in [1.54, 1.807) is 19.5 Å². The summed E-state index contributed by atoms with van der Waals surface area (Å²) in [6.45, 7) is 8.79. The van der Waals surface area contributed by atoms with Gasteiger partial charge in [0.25, 0.3) is 5.91 Å². The van der Waals surface area contributed by atoms with Crippen LogP contribution in [-0.2, 0) is 17.8 Å². The zero-order chi connectivity index (χ0) is 24.7. The lowest BCUT2D eigenvalue weighted by Gasteiger charge is -2.23. The maximum atomic E-state index is 13.4. The number of nitrogens with zero attached hydrogens (tertiary/aromatic N) is 6. The summed E-state index contributed by atoms with van der Waals surface area (Å²) in [5.74, 6) is 1.06. The Kier molecular flexibility index (Phi) is 6.29. The first-order valence-corrected chi connectivity index (χ1v) is 12.3. The van der Waals surface area contributed by atoms with Gasteiger partial charge in [0.1, 0.15) is 11.2 Å². The van der Waals surface area contributed by atoms with Crippen LogP contribution in [0.2, 0.25) is 0 Å². The van der Waals surface area contributed by atoms with Gasteiger partial charge in [-0.3, -0.25) is 4.79 Å². The van der Waals surface area contributed by atoms with E-state index in [4.69, 9.17) is 20.4 Å². The summed E-state index contributed by atoms with van der Waals surface area (Å²) < 4.78 is 9.60. The van der Waals surface area contributed by atoms with Gasteiger partial charge >= 0.3 is 0 Å². The molecule has 1 aliphatic rings. The number of methoxy groups -OCH3 is 1. The first-order chi connectivity index (χ1) is 17.0. The van der Waals surface area contributed by atoms with E-state index >= 15 is 0 Å². The van der Waals surface area contributed by atoms with Crippen molar-refractivity contribution in [3.63, 3.8) is 0 Å². The molecule has 9 heteroatoms. The molecular weight excluding hydrogens is 442 g/mol. The van der Waals surface area contributed by atoms with Gasteiger partial charge in [-0.1, -0.05) is 13.3 Å². The second kappa shape index (κ2) is 9.39. The molecule has 184 valence electrons. The maximum absolute atomic E-state index is 13.4. The number of hydrogen-bond donors (Lipinski definition) is 1. The van der Waals surface area contributed by atoms with Crippen molar-refractivity contribution in [3.8, 4) is 11.5 Å². The van der Waals surface area contributed by atoms with E-state index in [0.29, 0.717) is 36.7 Å². The molecule has 9 nitrogen and oxygen atoms in total. The van der Waals surface area contributed by atoms with Crippen LogP contribution < -0.4 is 5.73 Å². The van der Waals surface area contributed by atoms with Crippen LogP contribution in [0.3, 0.4) is 0 Å². The Hall–Kier alpha value is -3.30. The quantitative estimate of drug-likeness (QED) is 0.440. The Labute approximate surface area is 204 Å². The van der Waals surface area contributed by atoms with Crippen LogP contribution in [0.25, 0.3) is 33.7 Å². The number of amides is 1. The Morgan fingerprint density at radius 1 is 1.20 bits per heavy atom. The predicted molar refractivity (Wildman–Crippen MR) is 136 cm³/mol. The van der Waals surface area contributed by atoms with Crippen molar-refractivity contribution in [1.29, 1.82) is 0 Å². The SMILES string of the molecule is CC[C@@H]1CN(C(=O)c2cnc3c(c2)nc(-c2cc4cccnc4n2CC)n3CCOC)[C@H](C)[C@@H]1N. The number of pyridine rings is 2. The van der Waals surface area contributed by atoms with Crippen LogP contribution in [-0.4, -0.2) is 67.2 Å². The Morgan fingerprint density at radius 3 is 2.74 bits per heavy atom. The van der Waals surface area contributed by atoms with Crippen LogP contribution in [0.1, 0.15) is 37.6 Å². The largest absolute Gasteiger partial charge is 0.383 e. The normalized spacial score (nSPS) is 20.4. The van der Waals surface area contributed by atoms with Gasteiger partial charge < -0.3 is 24.5 Å². The first kappa shape index (κ1) is 23.4. The minimum Gasteiger partial charge on any atom is -0.383 e. The summed E-state index contributed by atoms with van der Waals surface area (Å²) in [7, 11) is 1.68. The molecule has 0 saturated carbocycles. The number of rotatable bonds is 7. The van der Waals surface area contributed by atoms with Crippen LogP contribution in [0, 0.1) is 5.92 Å². The second-order valence-electron chi connectivity index (χ2n) is 9.28. The topological polar surface area (TPSA) is 104 Å². The molecule has 0 bridgehead atoms. The highest BCUT2D eigenvalue weighted by atomic mass is 16.5. The zero-order valence-corrected chi connectivity index (χ0v) is 20.8. The fourth-order valence-electron chi connectivity index (χ4n) is 5.29. The Morgan fingerprint density at radius 2 is 2.03 bits per heavy atom. The van der Waals surface area contributed by atoms with Gasteiger partial charge in [-0.15, -0.1) is 0 Å². The van der Waals surface area contributed by atoms with Gasteiger partial charge in [0, 0.05) is 56.6 Å². The minimum atomic E-state index is -0.0434.